The average Bonchev–Trinajstić information content (AvgIpc) is 3.53. The Balaban J connectivity index is 1.29. The zero-order valence-corrected chi connectivity index (χ0v) is 21.0. The van der Waals surface area contributed by atoms with Crippen molar-refractivity contribution >= 4 is 34.5 Å². The molecule has 0 unspecified atom stereocenters. The van der Waals surface area contributed by atoms with E-state index in [9.17, 15) is 15.0 Å². The fourth-order valence-corrected chi connectivity index (χ4v) is 5.88. The predicted molar refractivity (Wildman–Crippen MR) is 140 cm³/mol. The van der Waals surface area contributed by atoms with Gasteiger partial charge in [-0.15, -0.1) is 0 Å². The SMILES string of the molecule is CCC(=O)N[C@@]1(O)C[C@@H](n2cnc3c(NCC4c5ccccc5-c5ccccc54)nc(Cl)nc32)[C@@H](O)C1. The van der Waals surface area contributed by atoms with E-state index in [2.05, 4.69) is 74.1 Å². The van der Waals surface area contributed by atoms with Gasteiger partial charge in [0.25, 0.3) is 0 Å². The zero-order chi connectivity index (χ0) is 25.7. The molecule has 1 amide bonds. The number of halogens is 1. The minimum absolute atomic E-state index is 0.00744. The van der Waals surface area contributed by atoms with Crippen LogP contribution < -0.4 is 10.6 Å². The molecule has 2 aliphatic rings. The highest BCUT2D eigenvalue weighted by atomic mass is 35.5. The number of aliphatic hydroxyl groups is 2. The first-order valence-corrected chi connectivity index (χ1v) is 12.8. The van der Waals surface area contributed by atoms with E-state index >= 15 is 0 Å². The van der Waals surface area contributed by atoms with Crippen LogP contribution in [-0.2, 0) is 4.79 Å². The highest BCUT2D eigenvalue weighted by molar-refractivity contribution is 6.28. The molecular formula is C27H27ClN6O3. The van der Waals surface area contributed by atoms with E-state index < -0.39 is 17.9 Å². The van der Waals surface area contributed by atoms with Gasteiger partial charge in [0, 0.05) is 31.7 Å². The van der Waals surface area contributed by atoms with Gasteiger partial charge in [-0.3, -0.25) is 4.79 Å². The Hall–Kier alpha value is -3.53. The maximum atomic E-state index is 11.9. The Labute approximate surface area is 218 Å². The minimum Gasteiger partial charge on any atom is -0.391 e. The number of hydrogen-bond acceptors (Lipinski definition) is 7. The van der Waals surface area contributed by atoms with Crippen LogP contribution in [0.15, 0.2) is 54.9 Å². The first-order chi connectivity index (χ1) is 17.9. The van der Waals surface area contributed by atoms with E-state index in [0.717, 1.165) is 0 Å². The molecule has 0 radical (unpaired) electrons. The van der Waals surface area contributed by atoms with Crippen molar-refractivity contribution in [2.75, 3.05) is 11.9 Å². The Morgan fingerprint density at radius 1 is 1.11 bits per heavy atom. The summed E-state index contributed by atoms with van der Waals surface area (Å²) in [5, 5.41) is 27.7. The molecule has 2 aliphatic carbocycles. The Morgan fingerprint density at radius 3 is 2.46 bits per heavy atom. The van der Waals surface area contributed by atoms with Crippen LogP contribution in [0.5, 0.6) is 0 Å². The van der Waals surface area contributed by atoms with E-state index in [1.807, 2.05) is 0 Å². The number of anilines is 1. The van der Waals surface area contributed by atoms with Gasteiger partial charge in [-0.2, -0.15) is 9.97 Å². The second-order valence-electron chi connectivity index (χ2n) is 9.75. The molecule has 4 aromatic rings. The molecule has 4 N–H and O–H groups in total. The number of carbonyl (C=O) groups is 1. The highest BCUT2D eigenvalue weighted by Gasteiger charge is 2.46. The number of hydrogen-bond donors (Lipinski definition) is 4. The summed E-state index contributed by atoms with van der Waals surface area (Å²) in [5.41, 5.74) is 4.43. The third-order valence-corrected chi connectivity index (χ3v) is 7.59. The molecule has 9 nitrogen and oxygen atoms in total. The first kappa shape index (κ1) is 23.8. The number of aromatic nitrogens is 4. The van der Waals surface area contributed by atoms with Crippen molar-refractivity contribution in [3.63, 3.8) is 0 Å². The summed E-state index contributed by atoms with van der Waals surface area (Å²) in [7, 11) is 0. The largest absolute Gasteiger partial charge is 0.391 e. The molecule has 10 heteroatoms. The van der Waals surface area contributed by atoms with Gasteiger partial charge in [0.15, 0.2) is 17.0 Å². The third-order valence-electron chi connectivity index (χ3n) is 7.42. The molecule has 0 bridgehead atoms. The standard InChI is InChI=1S/C27H27ClN6O3/c1-2-22(36)33-27(37)11-20(21(35)12-27)34-14-30-23-24(31-26(28)32-25(23)34)29-13-19-17-9-5-3-7-15(17)16-8-4-6-10-18(16)19/h3-10,14,19-21,35,37H,2,11-13H2,1H3,(H,33,36)(H,29,31,32)/t20-,21+,27-/m1/s1. The lowest BCUT2D eigenvalue weighted by molar-refractivity contribution is -0.128. The van der Waals surface area contributed by atoms with Crippen molar-refractivity contribution in [3.05, 3.63) is 71.3 Å². The second kappa shape index (κ2) is 9.09. The number of carbonyl (C=O) groups excluding carboxylic acids is 1. The van der Waals surface area contributed by atoms with Gasteiger partial charge >= 0.3 is 0 Å². The quantitative estimate of drug-likeness (QED) is 0.227. The Bertz CT molecular complexity index is 1460. The molecular weight excluding hydrogens is 492 g/mol. The number of nitrogens with one attached hydrogen (secondary N) is 2. The second-order valence-corrected chi connectivity index (χ2v) is 10.1. The lowest BCUT2D eigenvalue weighted by Gasteiger charge is -2.24. The molecule has 0 saturated heterocycles. The minimum atomic E-state index is -1.51. The average molecular weight is 519 g/mol. The van der Waals surface area contributed by atoms with Crippen LogP contribution in [-0.4, -0.2) is 54.0 Å². The van der Waals surface area contributed by atoms with Gasteiger partial charge in [0.1, 0.15) is 5.72 Å². The van der Waals surface area contributed by atoms with Gasteiger partial charge in [0.05, 0.1) is 18.5 Å². The molecule has 190 valence electrons. The van der Waals surface area contributed by atoms with Gasteiger partial charge < -0.3 is 25.4 Å². The molecule has 1 saturated carbocycles. The first-order valence-electron chi connectivity index (χ1n) is 12.4. The van der Waals surface area contributed by atoms with Crippen LogP contribution in [0.4, 0.5) is 5.82 Å². The summed E-state index contributed by atoms with van der Waals surface area (Å²) in [6.45, 7) is 2.29. The summed E-state index contributed by atoms with van der Waals surface area (Å²) in [4.78, 5) is 25.2. The number of imidazole rings is 1. The fraction of sp³-hybridized carbons (Fsp3) is 0.333. The molecule has 6 rings (SSSR count). The molecule has 2 aromatic heterocycles. The van der Waals surface area contributed by atoms with Gasteiger partial charge in [-0.05, 0) is 33.9 Å². The molecule has 3 atom stereocenters. The molecule has 37 heavy (non-hydrogen) atoms. The summed E-state index contributed by atoms with van der Waals surface area (Å²) < 4.78 is 1.70. The summed E-state index contributed by atoms with van der Waals surface area (Å²) in [6, 6.07) is 16.3. The molecule has 2 heterocycles. The number of benzene rings is 2. The predicted octanol–water partition coefficient (Wildman–Crippen LogP) is 3.61. The molecule has 0 spiro atoms. The zero-order valence-electron chi connectivity index (χ0n) is 20.2. The lowest BCUT2D eigenvalue weighted by Crippen LogP contribution is -2.46. The van der Waals surface area contributed by atoms with Gasteiger partial charge in [-0.1, -0.05) is 55.5 Å². The van der Waals surface area contributed by atoms with Crippen molar-refractivity contribution in [2.24, 2.45) is 0 Å². The number of nitrogens with zero attached hydrogens (tertiary/aromatic N) is 4. The number of fused-ring (bicyclic) bond motifs is 4. The van der Waals surface area contributed by atoms with Crippen LogP contribution >= 0.6 is 11.6 Å². The highest BCUT2D eigenvalue weighted by Crippen LogP contribution is 2.44. The van der Waals surface area contributed by atoms with Crippen molar-refractivity contribution < 1.29 is 15.0 Å². The van der Waals surface area contributed by atoms with E-state index in [0.29, 0.717) is 23.5 Å². The van der Waals surface area contributed by atoms with Crippen molar-refractivity contribution in [3.8, 4) is 11.1 Å². The van der Waals surface area contributed by atoms with Crippen LogP contribution in [0.2, 0.25) is 5.28 Å². The topological polar surface area (TPSA) is 125 Å². The van der Waals surface area contributed by atoms with E-state index in [4.69, 9.17) is 11.6 Å². The van der Waals surface area contributed by atoms with Crippen LogP contribution in [0.1, 0.15) is 49.3 Å². The Kier molecular flexibility index (Phi) is 5.86. The summed E-state index contributed by atoms with van der Waals surface area (Å²) >= 11 is 6.32. The van der Waals surface area contributed by atoms with Crippen molar-refractivity contribution in [1.29, 1.82) is 0 Å². The van der Waals surface area contributed by atoms with Crippen LogP contribution in [0, 0.1) is 0 Å². The normalized spacial score (nSPS) is 22.7. The number of aliphatic hydroxyl groups excluding tert-OH is 1. The monoisotopic (exact) mass is 518 g/mol. The van der Waals surface area contributed by atoms with Crippen LogP contribution in [0.25, 0.3) is 22.3 Å². The fourth-order valence-electron chi connectivity index (χ4n) is 5.72. The van der Waals surface area contributed by atoms with Crippen molar-refractivity contribution in [1.82, 2.24) is 24.8 Å². The number of amides is 1. The molecule has 1 fully saturated rings. The van der Waals surface area contributed by atoms with E-state index in [-0.39, 0.29) is 36.4 Å². The maximum absolute atomic E-state index is 11.9. The van der Waals surface area contributed by atoms with Gasteiger partial charge in [0.2, 0.25) is 11.2 Å². The van der Waals surface area contributed by atoms with Crippen molar-refractivity contribution in [2.45, 2.75) is 50.0 Å². The summed E-state index contributed by atoms with van der Waals surface area (Å²) in [6.07, 6.45) is 1.03. The third kappa shape index (κ3) is 4.13. The molecule has 2 aromatic carbocycles. The Morgan fingerprint density at radius 2 is 1.78 bits per heavy atom. The van der Waals surface area contributed by atoms with E-state index in [1.54, 1.807) is 17.8 Å². The van der Waals surface area contributed by atoms with E-state index in [1.165, 1.54) is 22.3 Å². The summed E-state index contributed by atoms with van der Waals surface area (Å²) in [5.74, 6) is 0.350. The smallest absolute Gasteiger partial charge is 0.226 e. The van der Waals surface area contributed by atoms with Gasteiger partial charge in [-0.25, -0.2) is 4.98 Å². The number of rotatable bonds is 6. The molecule has 0 aliphatic heterocycles. The maximum Gasteiger partial charge on any atom is 0.226 e. The lowest BCUT2D eigenvalue weighted by atomic mass is 9.97. The van der Waals surface area contributed by atoms with Crippen LogP contribution in [0.3, 0.4) is 0 Å².